The number of imide groups is 1. The molecule has 3 aliphatic rings. The Morgan fingerprint density at radius 3 is 2.15 bits per heavy atom. The molecule has 3 fully saturated rings. The van der Waals surface area contributed by atoms with Crippen molar-refractivity contribution in [1.82, 2.24) is 10.2 Å². The molecule has 112 valence electrons. The van der Waals surface area contributed by atoms with E-state index in [1.165, 1.54) is 19.3 Å². The number of nitrogens with one attached hydrogen (secondary N) is 1. The summed E-state index contributed by atoms with van der Waals surface area (Å²) >= 11 is 0. The molecule has 2 saturated heterocycles. The van der Waals surface area contributed by atoms with E-state index in [4.69, 9.17) is 0 Å². The summed E-state index contributed by atoms with van der Waals surface area (Å²) in [5.74, 6) is -0.145. The van der Waals surface area contributed by atoms with E-state index in [9.17, 15) is 9.59 Å². The molecule has 1 N–H and O–H groups in total. The Balaban J connectivity index is 1.59. The molecule has 20 heavy (non-hydrogen) atoms. The van der Waals surface area contributed by atoms with Gasteiger partial charge in [0.15, 0.2) is 0 Å². The van der Waals surface area contributed by atoms with Crippen LogP contribution in [-0.2, 0) is 9.59 Å². The van der Waals surface area contributed by atoms with Gasteiger partial charge in [0.2, 0.25) is 11.8 Å². The highest BCUT2D eigenvalue weighted by Crippen LogP contribution is 2.44. The Kier molecular flexibility index (Phi) is 3.39. The number of likely N-dealkylation sites (tertiary alicyclic amines) is 1. The van der Waals surface area contributed by atoms with Crippen LogP contribution in [0.15, 0.2) is 0 Å². The molecular formula is C16H26N2O2. The molecular weight excluding hydrogens is 252 g/mol. The fraction of sp³-hybridized carbons (Fsp3) is 0.875. The van der Waals surface area contributed by atoms with Crippen LogP contribution in [0.3, 0.4) is 0 Å². The fourth-order valence-electron chi connectivity index (χ4n) is 4.42. The Morgan fingerprint density at radius 2 is 1.65 bits per heavy atom. The molecule has 1 aliphatic carbocycles. The van der Waals surface area contributed by atoms with Crippen molar-refractivity contribution in [1.29, 1.82) is 0 Å². The summed E-state index contributed by atoms with van der Waals surface area (Å²) in [4.78, 5) is 25.9. The molecule has 1 atom stereocenters. The van der Waals surface area contributed by atoms with E-state index in [2.05, 4.69) is 24.1 Å². The van der Waals surface area contributed by atoms with Gasteiger partial charge in [-0.25, -0.2) is 0 Å². The quantitative estimate of drug-likeness (QED) is 0.747. The van der Waals surface area contributed by atoms with Gasteiger partial charge in [0, 0.05) is 18.9 Å². The number of hydrogen-bond donors (Lipinski definition) is 1. The molecule has 4 heteroatoms. The van der Waals surface area contributed by atoms with E-state index in [-0.39, 0.29) is 17.2 Å². The maximum absolute atomic E-state index is 11.6. The highest BCUT2D eigenvalue weighted by Gasteiger charge is 2.44. The maximum Gasteiger partial charge on any atom is 0.227 e. The maximum atomic E-state index is 11.6. The second kappa shape index (κ2) is 4.83. The van der Waals surface area contributed by atoms with E-state index in [0.717, 1.165) is 32.0 Å². The molecule has 2 amide bonds. The van der Waals surface area contributed by atoms with Crippen LogP contribution in [0.4, 0.5) is 0 Å². The third-order valence-electron chi connectivity index (χ3n) is 5.67. The van der Waals surface area contributed by atoms with E-state index in [1.807, 2.05) is 0 Å². The third kappa shape index (κ3) is 2.76. The molecule has 0 bridgehead atoms. The number of amides is 2. The van der Waals surface area contributed by atoms with Crippen LogP contribution in [0.25, 0.3) is 0 Å². The molecule has 1 spiro atoms. The van der Waals surface area contributed by atoms with Crippen molar-refractivity contribution in [3.05, 3.63) is 0 Å². The molecule has 1 unspecified atom stereocenters. The van der Waals surface area contributed by atoms with Gasteiger partial charge in [-0.2, -0.15) is 0 Å². The molecule has 2 aliphatic heterocycles. The first-order valence-electron chi connectivity index (χ1n) is 7.94. The number of nitrogens with zero attached hydrogens (tertiary/aromatic N) is 1. The standard InChI is InChI=1S/C16H26N2O2/c1-15(2)4-3-12(9-15)18-7-5-16(6-8-18)10-13(19)17-14(20)11-16/h12H,3-11H2,1-2H3,(H,17,19,20). The van der Waals surface area contributed by atoms with Crippen molar-refractivity contribution in [3.8, 4) is 0 Å². The SMILES string of the molecule is CC1(C)CCC(N2CCC3(CC2)CC(=O)NC(=O)C3)C1. The van der Waals surface area contributed by atoms with Gasteiger partial charge in [0.1, 0.15) is 0 Å². The second-order valence-corrected chi connectivity index (χ2v) is 7.92. The third-order valence-corrected chi connectivity index (χ3v) is 5.67. The summed E-state index contributed by atoms with van der Waals surface area (Å²) in [6.07, 6.45) is 7.01. The van der Waals surface area contributed by atoms with Crippen LogP contribution >= 0.6 is 0 Å². The van der Waals surface area contributed by atoms with Crippen LogP contribution in [0, 0.1) is 10.8 Å². The lowest BCUT2D eigenvalue weighted by molar-refractivity contribution is -0.139. The number of rotatable bonds is 1. The van der Waals surface area contributed by atoms with Gasteiger partial charge < -0.3 is 4.90 Å². The van der Waals surface area contributed by atoms with Crippen molar-refractivity contribution < 1.29 is 9.59 Å². The zero-order valence-electron chi connectivity index (χ0n) is 12.7. The van der Waals surface area contributed by atoms with E-state index >= 15 is 0 Å². The minimum absolute atomic E-state index is 0.0377. The zero-order chi connectivity index (χ0) is 14.4. The lowest BCUT2D eigenvalue weighted by atomic mass is 9.71. The van der Waals surface area contributed by atoms with Gasteiger partial charge in [0.05, 0.1) is 0 Å². The van der Waals surface area contributed by atoms with Crippen LogP contribution < -0.4 is 5.32 Å². The molecule has 1 saturated carbocycles. The van der Waals surface area contributed by atoms with Gasteiger partial charge >= 0.3 is 0 Å². The lowest BCUT2D eigenvalue weighted by Gasteiger charge is -2.45. The van der Waals surface area contributed by atoms with Gasteiger partial charge in [-0.05, 0) is 56.0 Å². The average molecular weight is 278 g/mol. The molecule has 0 aromatic rings. The predicted molar refractivity (Wildman–Crippen MR) is 77.0 cm³/mol. The van der Waals surface area contributed by atoms with Crippen LogP contribution in [0.2, 0.25) is 0 Å². The van der Waals surface area contributed by atoms with Gasteiger partial charge in [-0.3, -0.25) is 14.9 Å². The molecule has 3 rings (SSSR count). The molecule has 0 aromatic heterocycles. The Morgan fingerprint density at radius 1 is 1.05 bits per heavy atom. The van der Waals surface area contributed by atoms with Crippen LogP contribution in [0.5, 0.6) is 0 Å². The smallest absolute Gasteiger partial charge is 0.227 e. The fourth-order valence-corrected chi connectivity index (χ4v) is 4.42. The van der Waals surface area contributed by atoms with E-state index < -0.39 is 0 Å². The predicted octanol–water partition coefficient (Wildman–Crippen LogP) is 2.08. The molecule has 0 radical (unpaired) electrons. The average Bonchev–Trinajstić information content (AvgIpc) is 2.69. The van der Waals surface area contributed by atoms with E-state index in [0.29, 0.717) is 18.3 Å². The number of carbonyl (C=O) groups is 2. The van der Waals surface area contributed by atoms with Crippen molar-refractivity contribution in [3.63, 3.8) is 0 Å². The number of carbonyl (C=O) groups excluding carboxylic acids is 2. The number of hydrogen-bond acceptors (Lipinski definition) is 3. The lowest BCUT2D eigenvalue weighted by Crippen LogP contribution is -2.51. The molecule has 4 nitrogen and oxygen atoms in total. The van der Waals surface area contributed by atoms with E-state index in [1.54, 1.807) is 0 Å². The van der Waals surface area contributed by atoms with Gasteiger partial charge in [-0.1, -0.05) is 13.8 Å². The minimum atomic E-state index is -0.0725. The first-order valence-corrected chi connectivity index (χ1v) is 7.94. The Hall–Kier alpha value is -0.900. The zero-order valence-corrected chi connectivity index (χ0v) is 12.7. The highest BCUT2D eigenvalue weighted by atomic mass is 16.2. The summed E-state index contributed by atoms with van der Waals surface area (Å²) in [7, 11) is 0. The Bertz CT molecular complexity index is 404. The highest BCUT2D eigenvalue weighted by molar-refractivity contribution is 5.98. The van der Waals surface area contributed by atoms with Crippen molar-refractivity contribution >= 4 is 11.8 Å². The summed E-state index contributed by atoms with van der Waals surface area (Å²) in [5.41, 5.74) is 0.449. The molecule has 2 heterocycles. The van der Waals surface area contributed by atoms with Crippen molar-refractivity contribution in [2.45, 2.75) is 64.8 Å². The van der Waals surface area contributed by atoms with Crippen LogP contribution in [-0.4, -0.2) is 35.8 Å². The Labute approximate surface area is 121 Å². The molecule has 0 aromatic carbocycles. The van der Waals surface area contributed by atoms with Crippen molar-refractivity contribution in [2.75, 3.05) is 13.1 Å². The normalized spacial score (nSPS) is 33.4. The van der Waals surface area contributed by atoms with Crippen LogP contribution in [0.1, 0.15) is 58.8 Å². The minimum Gasteiger partial charge on any atom is -0.300 e. The van der Waals surface area contributed by atoms with Crippen molar-refractivity contribution in [2.24, 2.45) is 10.8 Å². The summed E-state index contributed by atoms with van der Waals surface area (Å²) in [6.45, 7) is 6.84. The first kappa shape index (κ1) is 14.1. The van der Waals surface area contributed by atoms with Gasteiger partial charge in [0.25, 0.3) is 0 Å². The first-order chi connectivity index (χ1) is 9.38. The van der Waals surface area contributed by atoms with Gasteiger partial charge in [-0.15, -0.1) is 0 Å². The largest absolute Gasteiger partial charge is 0.300 e. The summed E-state index contributed by atoms with van der Waals surface area (Å²) in [6, 6.07) is 0.718. The number of piperidine rings is 2. The second-order valence-electron chi connectivity index (χ2n) is 7.92. The topological polar surface area (TPSA) is 49.4 Å². The summed E-state index contributed by atoms with van der Waals surface area (Å²) < 4.78 is 0. The monoisotopic (exact) mass is 278 g/mol. The summed E-state index contributed by atoms with van der Waals surface area (Å²) in [5, 5.41) is 2.44.